The Labute approximate surface area is 255 Å². The van der Waals surface area contributed by atoms with Crippen LogP contribution in [0.25, 0.3) is 0 Å². The maximum atomic E-state index is 12.7. The van der Waals surface area contributed by atoms with Crippen molar-refractivity contribution < 1.29 is 28.5 Å². The van der Waals surface area contributed by atoms with Crippen molar-refractivity contribution >= 4 is 23.2 Å². The van der Waals surface area contributed by atoms with Crippen LogP contribution in [0.3, 0.4) is 0 Å². The molecule has 0 radical (unpaired) electrons. The first kappa shape index (κ1) is 29.6. The van der Waals surface area contributed by atoms with Crippen molar-refractivity contribution in [3.05, 3.63) is 36.4 Å². The second-order valence-corrected chi connectivity index (χ2v) is 13.2. The summed E-state index contributed by atoms with van der Waals surface area (Å²) in [6, 6.07) is 11.0. The third-order valence-electron chi connectivity index (χ3n) is 10.4. The van der Waals surface area contributed by atoms with Gasteiger partial charge in [-0.25, -0.2) is 0 Å². The Morgan fingerprint density at radius 3 is 1.49 bits per heavy atom. The number of benzene rings is 2. The Balaban J connectivity index is 0.923. The van der Waals surface area contributed by atoms with Crippen molar-refractivity contribution in [2.24, 2.45) is 35.5 Å². The minimum Gasteiger partial charge on any atom is -0.493 e. The third-order valence-corrected chi connectivity index (χ3v) is 10.4. The molecule has 2 aromatic rings. The zero-order valence-corrected chi connectivity index (χ0v) is 25.6. The highest BCUT2D eigenvalue weighted by atomic mass is 16.5. The normalized spacial score (nSPS) is 26.7. The fraction of sp³-hybridized carbons (Fsp3) is 0.600. The molecule has 6 rings (SSSR count). The van der Waals surface area contributed by atoms with Gasteiger partial charge >= 0.3 is 0 Å². The van der Waals surface area contributed by atoms with Crippen LogP contribution in [-0.4, -0.2) is 39.2 Å². The Kier molecular flexibility index (Phi) is 9.29. The number of ether oxygens (including phenoxy) is 4. The number of amides is 2. The molecule has 0 saturated heterocycles. The molecule has 2 N–H and O–H groups in total. The molecule has 8 nitrogen and oxygen atoms in total. The largest absolute Gasteiger partial charge is 0.493 e. The van der Waals surface area contributed by atoms with E-state index in [1.807, 2.05) is 36.4 Å². The summed E-state index contributed by atoms with van der Waals surface area (Å²) in [6.07, 6.45) is 12.1. The van der Waals surface area contributed by atoms with E-state index in [9.17, 15) is 9.59 Å². The highest BCUT2D eigenvalue weighted by molar-refractivity contribution is 5.92. The zero-order chi connectivity index (χ0) is 29.8. The number of hydrogen-bond donors (Lipinski definition) is 2. The minimum absolute atomic E-state index is 0.0759. The van der Waals surface area contributed by atoms with Crippen molar-refractivity contribution in [3.8, 4) is 23.0 Å². The van der Waals surface area contributed by atoms with Gasteiger partial charge in [-0.2, -0.15) is 0 Å². The van der Waals surface area contributed by atoms with E-state index >= 15 is 0 Å². The summed E-state index contributed by atoms with van der Waals surface area (Å²) in [4.78, 5) is 25.3. The number of methoxy groups -OCH3 is 2. The Bertz CT molecular complexity index is 1200. The van der Waals surface area contributed by atoms with Crippen LogP contribution in [0.4, 0.5) is 11.4 Å². The number of nitrogens with one attached hydrogen (secondary N) is 2. The van der Waals surface area contributed by atoms with Gasteiger partial charge in [0, 0.05) is 42.8 Å². The van der Waals surface area contributed by atoms with Crippen LogP contribution in [0.1, 0.15) is 70.6 Å². The van der Waals surface area contributed by atoms with Crippen molar-refractivity contribution in [1.82, 2.24) is 0 Å². The Morgan fingerprint density at radius 2 is 1.12 bits per heavy atom. The van der Waals surface area contributed by atoms with Crippen molar-refractivity contribution in [3.63, 3.8) is 0 Å². The van der Waals surface area contributed by atoms with Crippen LogP contribution >= 0.6 is 0 Å². The first-order valence-electron chi connectivity index (χ1n) is 16.2. The van der Waals surface area contributed by atoms with E-state index in [2.05, 4.69) is 10.6 Å². The van der Waals surface area contributed by atoms with Gasteiger partial charge in [-0.1, -0.05) is 12.8 Å². The number of hydrogen-bond acceptors (Lipinski definition) is 6. The quantitative estimate of drug-likeness (QED) is 0.228. The third kappa shape index (κ3) is 7.22. The fourth-order valence-corrected chi connectivity index (χ4v) is 8.31. The van der Waals surface area contributed by atoms with E-state index in [1.165, 1.54) is 51.4 Å². The van der Waals surface area contributed by atoms with Gasteiger partial charge in [0.15, 0.2) is 23.0 Å². The average Bonchev–Trinajstić information content (AvgIpc) is 3.81. The predicted octanol–water partition coefficient (Wildman–Crippen LogP) is 7.08. The molecule has 4 aliphatic rings. The number of fused-ring (bicyclic) bond motifs is 4. The van der Waals surface area contributed by atoms with Crippen LogP contribution < -0.4 is 29.6 Å². The molecule has 0 aliphatic heterocycles. The first-order chi connectivity index (χ1) is 21.0. The molecule has 2 amide bonds. The molecule has 4 bridgehead atoms. The van der Waals surface area contributed by atoms with E-state index in [4.69, 9.17) is 18.9 Å². The number of carbonyl (C=O) groups excluding carboxylic acids is 2. The highest BCUT2D eigenvalue weighted by Crippen LogP contribution is 2.50. The topological polar surface area (TPSA) is 95.1 Å². The molecule has 0 unspecified atom stereocenters. The van der Waals surface area contributed by atoms with Gasteiger partial charge in [-0.3, -0.25) is 9.59 Å². The standard InChI is InChI=1S/C35H46N2O6/c1-40-32-20-28(36-34(38)18-26-16-22-4-6-24(26)14-22)8-10-30(32)42-12-3-13-43-31-11-9-29(21-33(31)41-2)37-35(39)19-27-17-23-5-7-25(27)15-23/h8-11,20-27H,3-7,12-19H2,1-2H3,(H,36,38)(H,37,39)/t22-,23-,24-,25-,26-,27+/m0/s1. The zero-order valence-electron chi connectivity index (χ0n) is 25.6. The molecule has 8 heteroatoms. The molecule has 4 saturated carbocycles. The van der Waals surface area contributed by atoms with Gasteiger partial charge in [0.2, 0.25) is 11.8 Å². The predicted molar refractivity (Wildman–Crippen MR) is 166 cm³/mol. The fourth-order valence-electron chi connectivity index (χ4n) is 8.31. The van der Waals surface area contributed by atoms with Gasteiger partial charge in [0.1, 0.15) is 0 Å². The van der Waals surface area contributed by atoms with Crippen LogP contribution in [0, 0.1) is 35.5 Å². The van der Waals surface area contributed by atoms with E-state index in [-0.39, 0.29) is 11.8 Å². The Morgan fingerprint density at radius 1 is 0.651 bits per heavy atom. The number of carbonyl (C=O) groups is 2. The van der Waals surface area contributed by atoms with Gasteiger partial charge in [0.05, 0.1) is 27.4 Å². The smallest absolute Gasteiger partial charge is 0.224 e. The summed E-state index contributed by atoms with van der Waals surface area (Å²) in [6.45, 7) is 0.873. The second-order valence-electron chi connectivity index (χ2n) is 13.2. The molecule has 232 valence electrons. The molecule has 0 spiro atoms. The summed E-state index contributed by atoms with van der Waals surface area (Å²) in [5.41, 5.74) is 1.44. The monoisotopic (exact) mass is 590 g/mol. The van der Waals surface area contributed by atoms with Crippen LogP contribution in [0.15, 0.2) is 36.4 Å². The molecule has 6 atom stereocenters. The SMILES string of the molecule is COc1cc(NC(=O)C[C@@H]2C[C@H]3CC[C@H]2C3)ccc1OCCCOc1ccc(NC(=O)C[C@H]2C[C@H]3CC[C@H]2C3)cc1OC. The first-order valence-corrected chi connectivity index (χ1v) is 16.2. The van der Waals surface area contributed by atoms with E-state index < -0.39 is 0 Å². The maximum Gasteiger partial charge on any atom is 0.224 e. The van der Waals surface area contributed by atoms with E-state index in [0.29, 0.717) is 67.3 Å². The van der Waals surface area contributed by atoms with Crippen LogP contribution in [0.5, 0.6) is 23.0 Å². The molecular weight excluding hydrogens is 544 g/mol. The molecule has 0 aromatic heterocycles. The minimum atomic E-state index is 0.0759. The van der Waals surface area contributed by atoms with E-state index in [1.54, 1.807) is 14.2 Å². The van der Waals surface area contributed by atoms with Gasteiger partial charge in [-0.15, -0.1) is 0 Å². The summed E-state index contributed by atoms with van der Waals surface area (Å²) < 4.78 is 23.0. The number of anilines is 2. The lowest BCUT2D eigenvalue weighted by Gasteiger charge is -2.21. The average molecular weight is 591 g/mol. The van der Waals surface area contributed by atoms with Crippen LogP contribution in [0.2, 0.25) is 0 Å². The molecular formula is C35H46N2O6. The second kappa shape index (κ2) is 13.5. The summed E-state index contributed by atoms with van der Waals surface area (Å²) in [7, 11) is 3.20. The van der Waals surface area contributed by atoms with E-state index in [0.717, 1.165) is 35.0 Å². The van der Waals surface area contributed by atoms with Crippen molar-refractivity contribution in [1.29, 1.82) is 0 Å². The lowest BCUT2D eigenvalue weighted by atomic mass is 9.86. The summed E-state index contributed by atoms with van der Waals surface area (Å²) >= 11 is 0. The molecule has 0 heterocycles. The van der Waals surface area contributed by atoms with Crippen molar-refractivity contribution in [2.75, 3.05) is 38.1 Å². The maximum absolute atomic E-state index is 12.7. The molecule has 43 heavy (non-hydrogen) atoms. The van der Waals surface area contributed by atoms with Gasteiger partial charge in [-0.05, 0) is 98.3 Å². The lowest BCUT2D eigenvalue weighted by molar-refractivity contribution is -0.118. The lowest BCUT2D eigenvalue weighted by Crippen LogP contribution is -2.20. The summed E-state index contributed by atoms with van der Waals surface area (Å²) in [5, 5.41) is 6.08. The molecule has 2 aromatic carbocycles. The Hall–Kier alpha value is -3.42. The highest BCUT2D eigenvalue weighted by Gasteiger charge is 2.41. The number of rotatable bonds is 14. The van der Waals surface area contributed by atoms with Gasteiger partial charge in [0.25, 0.3) is 0 Å². The van der Waals surface area contributed by atoms with Gasteiger partial charge < -0.3 is 29.6 Å². The molecule has 4 aliphatic carbocycles. The summed E-state index contributed by atoms with van der Waals surface area (Å²) in [5.74, 6) is 6.78. The van der Waals surface area contributed by atoms with Crippen molar-refractivity contribution in [2.45, 2.75) is 70.6 Å². The molecule has 4 fully saturated rings. The van der Waals surface area contributed by atoms with Crippen LogP contribution in [-0.2, 0) is 9.59 Å².